The summed E-state index contributed by atoms with van der Waals surface area (Å²) < 4.78 is 0. The lowest BCUT2D eigenvalue weighted by Crippen LogP contribution is -2.08. The van der Waals surface area contributed by atoms with Crippen molar-refractivity contribution in [2.75, 3.05) is 19.0 Å². The predicted octanol–water partition coefficient (Wildman–Crippen LogP) is 3.91. The smallest absolute Gasteiger partial charge is 0.0361 e. The summed E-state index contributed by atoms with van der Waals surface area (Å²) in [6.07, 6.45) is 4.51. The highest BCUT2D eigenvalue weighted by Gasteiger charge is 2.18. The first-order valence-corrected chi connectivity index (χ1v) is 6.30. The Kier molecular flexibility index (Phi) is 2.67. The molecule has 18 heavy (non-hydrogen) atoms. The van der Waals surface area contributed by atoms with Gasteiger partial charge in [-0.3, -0.25) is 0 Å². The van der Waals surface area contributed by atoms with Gasteiger partial charge in [0, 0.05) is 25.7 Å². The minimum Gasteiger partial charge on any atom is -0.378 e. The summed E-state index contributed by atoms with van der Waals surface area (Å²) in [6.45, 7) is 0. The van der Waals surface area contributed by atoms with Crippen molar-refractivity contribution in [3.63, 3.8) is 0 Å². The van der Waals surface area contributed by atoms with Crippen LogP contribution in [0.4, 0.5) is 5.69 Å². The molecular formula is C17H17N. The first-order chi connectivity index (χ1) is 8.75. The summed E-state index contributed by atoms with van der Waals surface area (Å²) in [6, 6.07) is 17.4. The first-order valence-electron chi connectivity index (χ1n) is 6.30. The number of benzene rings is 2. The molecule has 1 unspecified atom stereocenters. The van der Waals surface area contributed by atoms with Crippen molar-refractivity contribution in [1.29, 1.82) is 0 Å². The molecule has 0 saturated carbocycles. The summed E-state index contributed by atoms with van der Waals surface area (Å²) >= 11 is 0. The Bertz CT molecular complexity index is 579. The Balaban J connectivity index is 1.95. The fraction of sp³-hybridized carbons (Fsp3) is 0.176. The number of hydrogen-bond acceptors (Lipinski definition) is 1. The second-order valence-electron chi connectivity index (χ2n) is 4.95. The Hall–Kier alpha value is -2.02. The Morgan fingerprint density at radius 2 is 1.61 bits per heavy atom. The number of nitrogens with zero attached hydrogens (tertiary/aromatic N) is 1. The quantitative estimate of drug-likeness (QED) is 0.762. The van der Waals surface area contributed by atoms with Crippen LogP contribution in [-0.4, -0.2) is 14.1 Å². The van der Waals surface area contributed by atoms with Gasteiger partial charge < -0.3 is 4.90 Å². The van der Waals surface area contributed by atoms with Crippen LogP contribution in [0.5, 0.6) is 0 Å². The van der Waals surface area contributed by atoms with Crippen molar-refractivity contribution >= 4 is 11.8 Å². The molecule has 1 heteroatoms. The SMILES string of the molecule is CN(C)c1ccc(C2C=Cc3ccccc32)cc1. The zero-order valence-corrected chi connectivity index (χ0v) is 10.8. The second-order valence-corrected chi connectivity index (χ2v) is 4.95. The summed E-state index contributed by atoms with van der Waals surface area (Å²) in [4.78, 5) is 2.13. The number of allylic oxidation sites excluding steroid dienone is 1. The lowest BCUT2D eigenvalue weighted by Gasteiger charge is -2.15. The third kappa shape index (κ3) is 1.82. The topological polar surface area (TPSA) is 3.24 Å². The van der Waals surface area contributed by atoms with Gasteiger partial charge in [0.25, 0.3) is 0 Å². The molecule has 0 fully saturated rings. The fourth-order valence-electron chi connectivity index (χ4n) is 2.52. The summed E-state index contributed by atoms with van der Waals surface area (Å²) in [7, 11) is 4.14. The molecule has 90 valence electrons. The van der Waals surface area contributed by atoms with Gasteiger partial charge in [0.05, 0.1) is 0 Å². The van der Waals surface area contributed by atoms with Crippen molar-refractivity contribution in [2.45, 2.75) is 5.92 Å². The van der Waals surface area contributed by atoms with E-state index in [9.17, 15) is 0 Å². The van der Waals surface area contributed by atoms with Crippen LogP contribution >= 0.6 is 0 Å². The van der Waals surface area contributed by atoms with E-state index in [1.807, 2.05) is 0 Å². The zero-order valence-electron chi connectivity index (χ0n) is 10.8. The summed E-state index contributed by atoms with van der Waals surface area (Å²) in [5.74, 6) is 0.414. The Morgan fingerprint density at radius 3 is 2.33 bits per heavy atom. The van der Waals surface area contributed by atoms with Crippen molar-refractivity contribution in [2.24, 2.45) is 0 Å². The fourth-order valence-corrected chi connectivity index (χ4v) is 2.52. The van der Waals surface area contributed by atoms with Gasteiger partial charge in [-0.15, -0.1) is 0 Å². The van der Waals surface area contributed by atoms with Gasteiger partial charge >= 0.3 is 0 Å². The maximum absolute atomic E-state index is 2.29. The van der Waals surface area contributed by atoms with Gasteiger partial charge in [-0.2, -0.15) is 0 Å². The molecule has 0 radical (unpaired) electrons. The van der Waals surface area contributed by atoms with E-state index in [0.717, 1.165) is 0 Å². The molecular weight excluding hydrogens is 218 g/mol. The molecule has 0 aliphatic heterocycles. The number of anilines is 1. The van der Waals surface area contributed by atoms with Crippen molar-refractivity contribution in [3.05, 3.63) is 71.3 Å². The van der Waals surface area contributed by atoms with Gasteiger partial charge in [0.15, 0.2) is 0 Å². The van der Waals surface area contributed by atoms with Crippen LogP contribution < -0.4 is 4.90 Å². The molecule has 1 nitrogen and oxygen atoms in total. The van der Waals surface area contributed by atoms with E-state index in [2.05, 4.69) is 79.7 Å². The predicted molar refractivity (Wildman–Crippen MR) is 78.1 cm³/mol. The summed E-state index contributed by atoms with van der Waals surface area (Å²) in [5, 5.41) is 0. The van der Waals surface area contributed by atoms with E-state index < -0.39 is 0 Å². The molecule has 0 bridgehead atoms. The molecule has 0 heterocycles. The Morgan fingerprint density at radius 1 is 0.889 bits per heavy atom. The average molecular weight is 235 g/mol. The van der Waals surface area contributed by atoms with Crippen molar-refractivity contribution in [3.8, 4) is 0 Å². The normalized spacial score (nSPS) is 16.7. The molecule has 0 saturated heterocycles. The monoisotopic (exact) mass is 235 g/mol. The van der Waals surface area contributed by atoms with Gasteiger partial charge in [0.1, 0.15) is 0 Å². The molecule has 1 aliphatic rings. The van der Waals surface area contributed by atoms with Gasteiger partial charge in [-0.1, -0.05) is 48.6 Å². The summed E-state index contributed by atoms with van der Waals surface area (Å²) in [5.41, 5.74) is 5.37. The molecule has 0 spiro atoms. The van der Waals surface area contributed by atoms with Crippen LogP contribution in [0.3, 0.4) is 0 Å². The number of fused-ring (bicyclic) bond motifs is 1. The minimum absolute atomic E-state index is 0.414. The maximum atomic E-state index is 2.29. The number of rotatable bonds is 2. The van der Waals surface area contributed by atoms with E-state index in [4.69, 9.17) is 0 Å². The molecule has 2 aromatic rings. The molecule has 1 atom stereocenters. The lowest BCUT2D eigenvalue weighted by atomic mass is 9.93. The highest BCUT2D eigenvalue weighted by atomic mass is 15.1. The molecule has 3 rings (SSSR count). The molecule has 0 N–H and O–H groups in total. The van der Waals surface area contributed by atoms with E-state index in [-0.39, 0.29) is 0 Å². The molecule has 0 amide bonds. The standard InChI is InChI=1S/C17H17N/c1-18(2)15-10-7-14(8-11-15)17-12-9-13-5-3-4-6-16(13)17/h3-12,17H,1-2H3. The van der Waals surface area contributed by atoms with Crippen LogP contribution in [-0.2, 0) is 0 Å². The minimum atomic E-state index is 0.414. The Labute approximate surface area is 108 Å². The third-order valence-electron chi connectivity index (χ3n) is 3.57. The van der Waals surface area contributed by atoms with Gasteiger partial charge in [-0.25, -0.2) is 0 Å². The van der Waals surface area contributed by atoms with E-state index >= 15 is 0 Å². The molecule has 2 aromatic carbocycles. The van der Waals surface area contributed by atoms with Crippen LogP contribution in [0, 0.1) is 0 Å². The zero-order chi connectivity index (χ0) is 12.5. The van der Waals surface area contributed by atoms with Crippen molar-refractivity contribution < 1.29 is 0 Å². The largest absolute Gasteiger partial charge is 0.378 e. The second kappa shape index (κ2) is 4.34. The van der Waals surface area contributed by atoms with Crippen LogP contribution in [0.1, 0.15) is 22.6 Å². The number of hydrogen-bond donors (Lipinski definition) is 0. The lowest BCUT2D eigenvalue weighted by molar-refractivity contribution is 1.04. The van der Waals surface area contributed by atoms with E-state index in [0.29, 0.717) is 5.92 Å². The van der Waals surface area contributed by atoms with Crippen LogP contribution in [0.25, 0.3) is 6.08 Å². The van der Waals surface area contributed by atoms with Crippen molar-refractivity contribution in [1.82, 2.24) is 0 Å². The maximum Gasteiger partial charge on any atom is 0.0361 e. The van der Waals surface area contributed by atoms with E-state index in [1.54, 1.807) is 0 Å². The van der Waals surface area contributed by atoms with Gasteiger partial charge in [0.2, 0.25) is 0 Å². The van der Waals surface area contributed by atoms with Crippen LogP contribution in [0.15, 0.2) is 54.6 Å². The third-order valence-corrected chi connectivity index (χ3v) is 3.57. The highest BCUT2D eigenvalue weighted by Crippen LogP contribution is 2.35. The molecule has 0 aromatic heterocycles. The van der Waals surface area contributed by atoms with Crippen LogP contribution in [0.2, 0.25) is 0 Å². The molecule has 1 aliphatic carbocycles. The average Bonchev–Trinajstić information content (AvgIpc) is 2.82. The first kappa shape index (κ1) is 11.1. The highest BCUT2D eigenvalue weighted by molar-refractivity contribution is 5.65. The van der Waals surface area contributed by atoms with Gasteiger partial charge in [-0.05, 0) is 28.8 Å². The van der Waals surface area contributed by atoms with E-state index in [1.165, 1.54) is 22.4 Å².